The molecule has 1 N–H and O–H groups in total. The van der Waals surface area contributed by atoms with Crippen molar-refractivity contribution in [2.24, 2.45) is 0 Å². The van der Waals surface area contributed by atoms with Gasteiger partial charge in [0, 0.05) is 10.0 Å². The Morgan fingerprint density at radius 1 is 1.33 bits per heavy atom. The lowest BCUT2D eigenvalue weighted by molar-refractivity contribution is 0.621. The predicted molar refractivity (Wildman–Crippen MR) is 67.7 cm³/mol. The molecule has 82 valence electrons. The van der Waals surface area contributed by atoms with Gasteiger partial charge >= 0.3 is 0 Å². The molecule has 1 aromatic rings. The molecule has 0 aliphatic rings. The summed E-state index contributed by atoms with van der Waals surface area (Å²) >= 11 is 11.9. The van der Waals surface area contributed by atoms with E-state index in [9.17, 15) is 0 Å². The average molecular weight is 244 g/mol. The Bertz CT molecular complexity index is 340. The minimum Gasteiger partial charge on any atom is -0.307 e. The molecule has 1 atom stereocenters. The van der Waals surface area contributed by atoms with Gasteiger partial charge in [0.1, 0.15) is 0 Å². The van der Waals surface area contributed by atoms with Gasteiger partial charge < -0.3 is 5.32 Å². The van der Waals surface area contributed by atoms with Crippen LogP contribution in [0.25, 0.3) is 0 Å². The van der Waals surface area contributed by atoms with Crippen molar-refractivity contribution in [3.63, 3.8) is 0 Å². The highest BCUT2D eigenvalue weighted by atomic mass is 35.5. The Morgan fingerprint density at radius 3 is 2.27 bits per heavy atom. The summed E-state index contributed by atoms with van der Waals surface area (Å²) in [6, 6.07) is 5.67. The molecule has 0 saturated heterocycles. The van der Waals surface area contributed by atoms with Crippen molar-refractivity contribution < 1.29 is 0 Å². The van der Waals surface area contributed by atoms with E-state index in [0.717, 1.165) is 17.7 Å². The van der Waals surface area contributed by atoms with Gasteiger partial charge in [-0.05, 0) is 37.2 Å². The van der Waals surface area contributed by atoms with Crippen LogP contribution in [0.5, 0.6) is 0 Å². The van der Waals surface area contributed by atoms with E-state index in [4.69, 9.17) is 23.2 Å². The normalized spacial score (nSPS) is 12.5. The summed E-state index contributed by atoms with van der Waals surface area (Å²) in [5.41, 5.74) is 2.11. The summed E-state index contributed by atoms with van der Waals surface area (Å²) in [5, 5.41) is 4.64. The quantitative estimate of drug-likeness (QED) is 0.782. The lowest BCUT2D eigenvalue weighted by Gasteiger charge is -2.19. The standard InChI is InChI=1S/C12H15Cl2N/c1-4-15-12(8(2)3)9-5-10(13)7-11(14)6-9/h5-7,12,15H,2,4H2,1,3H3. The van der Waals surface area contributed by atoms with E-state index < -0.39 is 0 Å². The number of benzene rings is 1. The second kappa shape index (κ2) is 5.55. The first-order valence-corrected chi connectivity index (χ1v) is 5.65. The van der Waals surface area contributed by atoms with Crippen LogP contribution in [0.15, 0.2) is 30.4 Å². The monoisotopic (exact) mass is 243 g/mol. The lowest BCUT2D eigenvalue weighted by Crippen LogP contribution is -2.21. The summed E-state index contributed by atoms with van der Waals surface area (Å²) in [5.74, 6) is 0. The van der Waals surface area contributed by atoms with Crippen molar-refractivity contribution in [3.05, 3.63) is 46.0 Å². The highest BCUT2D eigenvalue weighted by Crippen LogP contribution is 2.26. The molecule has 1 rings (SSSR count). The van der Waals surface area contributed by atoms with Crippen LogP contribution in [0.4, 0.5) is 0 Å². The van der Waals surface area contributed by atoms with Crippen molar-refractivity contribution in [3.8, 4) is 0 Å². The third-order valence-electron chi connectivity index (χ3n) is 2.12. The highest BCUT2D eigenvalue weighted by molar-refractivity contribution is 6.34. The smallest absolute Gasteiger partial charge is 0.0531 e. The SMILES string of the molecule is C=C(C)C(NCC)c1cc(Cl)cc(Cl)c1. The molecular weight excluding hydrogens is 229 g/mol. The van der Waals surface area contributed by atoms with Gasteiger partial charge in [-0.25, -0.2) is 0 Å². The minimum atomic E-state index is 0.117. The number of halogens is 2. The molecule has 0 saturated carbocycles. The van der Waals surface area contributed by atoms with Crippen LogP contribution in [-0.2, 0) is 0 Å². The van der Waals surface area contributed by atoms with E-state index in [0.29, 0.717) is 10.0 Å². The molecule has 0 aromatic heterocycles. The number of nitrogens with one attached hydrogen (secondary N) is 1. The third-order valence-corrected chi connectivity index (χ3v) is 2.56. The zero-order valence-corrected chi connectivity index (χ0v) is 10.5. The molecule has 0 bridgehead atoms. The van der Waals surface area contributed by atoms with Crippen LogP contribution in [0, 0.1) is 0 Å². The Kier molecular flexibility index (Phi) is 4.65. The Hall–Kier alpha value is -0.500. The molecule has 1 unspecified atom stereocenters. The molecule has 1 aromatic carbocycles. The molecule has 1 nitrogen and oxygen atoms in total. The molecule has 0 heterocycles. The Balaban J connectivity index is 3.05. The second-order valence-corrected chi connectivity index (χ2v) is 4.41. The maximum Gasteiger partial charge on any atom is 0.0531 e. The fourth-order valence-electron chi connectivity index (χ4n) is 1.52. The molecule has 0 radical (unpaired) electrons. The van der Waals surface area contributed by atoms with E-state index >= 15 is 0 Å². The molecule has 0 spiro atoms. The first-order valence-electron chi connectivity index (χ1n) is 4.89. The molecule has 0 aliphatic carbocycles. The maximum atomic E-state index is 5.96. The van der Waals surface area contributed by atoms with Crippen LogP contribution in [0.3, 0.4) is 0 Å². The van der Waals surface area contributed by atoms with E-state index in [1.807, 2.05) is 19.1 Å². The molecular formula is C12H15Cl2N. The largest absolute Gasteiger partial charge is 0.307 e. The lowest BCUT2D eigenvalue weighted by atomic mass is 10.0. The first-order chi connectivity index (χ1) is 7.04. The summed E-state index contributed by atoms with van der Waals surface area (Å²) in [4.78, 5) is 0. The topological polar surface area (TPSA) is 12.0 Å². The minimum absolute atomic E-state index is 0.117. The fourth-order valence-corrected chi connectivity index (χ4v) is 2.07. The van der Waals surface area contributed by atoms with Gasteiger partial charge in [-0.3, -0.25) is 0 Å². The van der Waals surface area contributed by atoms with Crippen molar-refractivity contribution in [1.82, 2.24) is 5.32 Å². The predicted octanol–water partition coefficient (Wildman–Crippen LogP) is 4.22. The first kappa shape index (κ1) is 12.6. The maximum absolute atomic E-state index is 5.96. The van der Waals surface area contributed by atoms with Gasteiger partial charge in [0.25, 0.3) is 0 Å². The number of rotatable bonds is 4. The number of hydrogen-bond donors (Lipinski definition) is 1. The van der Waals surface area contributed by atoms with Crippen molar-refractivity contribution in [1.29, 1.82) is 0 Å². The van der Waals surface area contributed by atoms with Gasteiger partial charge in [-0.1, -0.05) is 42.3 Å². The van der Waals surface area contributed by atoms with Crippen molar-refractivity contribution in [2.45, 2.75) is 19.9 Å². The van der Waals surface area contributed by atoms with E-state index in [1.165, 1.54) is 0 Å². The van der Waals surface area contributed by atoms with Crippen LogP contribution >= 0.6 is 23.2 Å². The Labute approximate surface area is 101 Å². The summed E-state index contributed by atoms with van der Waals surface area (Å²) in [6.07, 6.45) is 0. The van der Waals surface area contributed by atoms with Crippen molar-refractivity contribution >= 4 is 23.2 Å². The van der Waals surface area contributed by atoms with Gasteiger partial charge in [0.15, 0.2) is 0 Å². The number of hydrogen-bond acceptors (Lipinski definition) is 1. The summed E-state index contributed by atoms with van der Waals surface area (Å²) in [6.45, 7) is 8.88. The van der Waals surface area contributed by atoms with E-state index in [1.54, 1.807) is 6.07 Å². The van der Waals surface area contributed by atoms with E-state index in [-0.39, 0.29) is 6.04 Å². The summed E-state index contributed by atoms with van der Waals surface area (Å²) in [7, 11) is 0. The van der Waals surface area contributed by atoms with Crippen LogP contribution < -0.4 is 5.32 Å². The molecule has 0 aliphatic heterocycles. The molecule has 0 amide bonds. The molecule has 0 fully saturated rings. The fraction of sp³-hybridized carbons (Fsp3) is 0.333. The zero-order valence-electron chi connectivity index (χ0n) is 8.98. The van der Waals surface area contributed by atoms with Crippen LogP contribution in [-0.4, -0.2) is 6.54 Å². The molecule has 3 heteroatoms. The van der Waals surface area contributed by atoms with Crippen molar-refractivity contribution in [2.75, 3.05) is 6.54 Å². The van der Waals surface area contributed by atoms with Gasteiger partial charge in [0.05, 0.1) is 6.04 Å². The summed E-state index contributed by atoms with van der Waals surface area (Å²) < 4.78 is 0. The Morgan fingerprint density at radius 2 is 1.87 bits per heavy atom. The van der Waals surface area contributed by atoms with Crippen LogP contribution in [0.2, 0.25) is 10.0 Å². The van der Waals surface area contributed by atoms with Crippen LogP contribution in [0.1, 0.15) is 25.5 Å². The van der Waals surface area contributed by atoms with Gasteiger partial charge in [-0.15, -0.1) is 0 Å². The number of likely N-dealkylation sites (N-methyl/N-ethyl adjacent to an activating group) is 1. The zero-order chi connectivity index (χ0) is 11.4. The van der Waals surface area contributed by atoms with E-state index in [2.05, 4.69) is 18.8 Å². The van der Waals surface area contributed by atoms with Gasteiger partial charge in [0.2, 0.25) is 0 Å². The third kappa shape index (κ3) is 3.53. The second-order valence-electron chi connectivity index (χ2n) is 3.54. The highest BCUT2D eigenvalue weighted by Gasteiger charge is 2.11. The van der Waals surface area contributed by atoms with Gasteiger partial charge in [-0.2, -0.15) is 0 Å². The molecule has 15 heavy (non-hydrogen) atoms. The average Bonchev–Trinajstić information content (AvgIpc) is 2.11.